The molecule has 0 spiro atoms. The number of aromatic nitrogens is 3. The summed E-state index contributed by atoms with van der Waals surface area (Å²) in [6.45, 7) is 6.23. The number of nitrogens with zero attached hydrogens (tertiary/aromatic N) is 6. The van der Waals surface area contributed by atoms with E-state index >= 15 is 0 Å². The number of carbonyl (C=O) groups excluding carboxylic acids is 2. The van der Waals surface area contributed by atoms with Gasteiger partial charge in [0.05, 0.1) is 32.5 Å². The first-order valence-corrected chi connectivity index (χ1v) is 12.9. The Hall–Kier alpha value is -3.92. The average Bonchev–Trinajstić information content (AvgIpc) is 3.61. The zero-order valence-electron chi connectivity index (χ0n) is 22.1. The number of ether oxygens (including phenoxy) is 2. The van der Waals surface area contributed by atoms with Gasteiger partial charge in [-0.05, 0) is 42.7 Å². The molecule has 38 heavy (non-hydrogen) atoms. The Morgan fingerprint density at radius 2 is 1.79 bits per heavy atom. The average molecular weight is 519 g/mol. The number of likely N-dealkylation sites (tertiary alicyclic amines) is 1. The standard InChI is InChI=1S/C28H34N6O4/c1-20-15-21(9-10-26(20)37-2)17-33-18-23(34-19-24(29-30-34)28(36)38-3)16-25(33)27(35)32-13-11-31(12-14-32)22-7-5-4-6-8-22/h4-10,15,19,23,25H,11-14,16-18H2,1-3H3/t23-,25+/m1/s1. The molecule has 2 aliphatic heterocycles. The van der Waals surface area contributed by atoms with Gasteiger partial charge >= 0.3 is 5.97 Å². The number of piperazine rings is 1. The lowest BCUT2D eigenvalue weighted by Crippen LogP contribution is -2.53. The van der Waals surface area contributed by atoms with Crippen LogP contribution in [-0.4, -0.2) is 89.7 Å². The highest BCUT2D eigenvalue weighted by molar-refractivity contribution is 5.86. The molecule has 2 aromatic carbocycles. The first-order chi connectivity index (χ1) is 18.5. The maximum absolute atomic E-state index is 13.9. The van der Waals surface area contributed by atoms with Crippen molar-refractivity contribution in [3.05, 3.63) is 71.5 Å². The van der Waals surface area contributed by atoms with Crippen LogP contribution >= 0.6 is 0 Å². The van der Waals surface area contributed by atoms with Gasteiger partial charge < -0.3 is 19.3 Å². The number of esters is 1. The Kier molecular flexibility index (Phi) is 7.59. The fourth-order valence-electron chi connectivity index (χ4n) is 5.46. The molecule has 10 heteroatoms. The summed E-state index contributed by atoms with van der Waals surface area (Å²) < 4.78 is 11.9. The largest absolute Gasteiger partial charge is 0.496 e. The minimum absolute atomic E-state index is 0.0835. The van der Waals surface area contributed by atoms with Gasteiger partial charge in [-0.1, -0.05) is 35.5 Å². The summed E-state index contributed by atoms with van der Waals surface area (Å²) in [5.74, 6) is 0.456. The molecule has 2 atom stereocenters. The number of methoxy groups -OCH3 is 2. The first kappa shape index (κ1) is 25.7. The molecule has 200 valence electrons. The van der Waals surface area contributed by atoms with E-state index < -0.39 is 5.97 Å². The molecule has 0 aliphatic carbocycles. The second-order valence-corrected chi connectivity index (χ2v) is 9.86. The smallest absolute Gasteiger partial charge is 0.360 e. The van der Waals surface area contributed by atoms with Gasteiger partial charge in [-0.2, -0.15) is 0 Å². The minimum Gasteiger partial charge on any atom is -0.496 e. The number of rotatable bonds is 7. The fourth-order valence-corrected chi connectivity index (χ4v) is 5.46. The van der Waals surface area contributed by atoms with E-state index in [1.165, 1.54) is 12.8 Å². The van der Waals surface area contributed by atoms with Crippen LogP contribution in [0.2, 0.25) is 0 Å². The number of hydrogen-bond acceptors (Lipinski definition) is 8. The van der Waals surface area contributed by atoms with Crippen molar-refractivity contribution in [1.29, 1.82) is 0 Å². The van der Waals surface area contributed by atoms with Crippen molar-refractivity contribution >= 4 is 17.6 Å². The molecule has 5 rings (SSSR count). The SMILES string of the molecule is COC(=O)c1cn([C@@H]2C[C@@H](C(=O)N3CCN(c4ccccc4)CC3)N(Cc3ccc(OC)c(C)c3)C2)nn1. The Bertz CT molecular complexity index is 1270. The molecular formula is C28H34N6O4. The monoisotopic (exact) mass is 518 g/mol. The number of aryl methyl sites for hydroxylation is 1. The molecular weight excluding hydrogens is 484 g/mol. The molecule has 1 amide bonds. The Labute approximate surface area is 222 Å². The lowest BCUT2D eigenvalue weighted by molar-refractivity contribution is -0.136. The predicted molar refractivity (Wildman–Crippen MR) is 142 cm³/mol. The van der Waals surface area contributed by atoms with E-state index in [1.807, 2.05) is 42.2 Å². The number of amides is 1. The molecule has 0 saturated carbocycles. The van der Waals surface area contributed by atoms with E-state index in [-0.39, 0.29) is 23.7 Å². The summed E-state index contributed by atoms with van der Waals surface area (Å²) in [6, 6.07) is 16.1. The van der Waals surface area contributed by atoms with Crippen LogP contribution in [0.15, 0.2) is 54.7 Å². The second-order valence-electron chi connectivity index (χ2n) is 9.86. The molecule has 2 fully saturated rings. The van der Waals surface area contributed by atoms with Crippen molar-refractivity contribution in [2.45, 2.75) is 32.0 Å². The van der Waals surface area contributed by atoms with Crippen LogP contribution in [0.3, 0.4) is 0 Å². The van der Waals surface area contributed by atoms with Gasteiger partial charge in [0, 0.05) is 45.0 Å². The van der Waals surface area contributed by atoms with Gasteiger partial charge in [0.15, 0.2) is 5.69 Å². The van der Waals surface area contributed by atoms with Gasteiger partial charge in [-0.3, -0.25) is 9.69 Å². The first-order valence-electron chi connectivity index (χ1n) is 12.9. The molecule has 2 saturated heterocycles. The van der Waals surface area contributed by atoms with Crippen LogP contribution in [0, 0.1) is 6.92 Å². The van der Waals surface area contributed by atoms with Gasteiger partial charge in [0.1, 0.15) is 5.75 Å². The number of para-hydroxylation sites is 1. The Morgan fingerprint density at radius 1 is 1.03 bits per heavy atom. The molecule has 1 aromatic heterocycles. The van der Waals surface area contributed by atoms with Gasteiger partial charge in [-0.25, -0.2) is 9.48 Å². The maximum atomic E-state index is 13.9. The third-order valence-electron chi connectivity index (χ3n) is 7.50. The number of anilines is 1. The molecule has 3 aromatic rings. The Balaban J connectivity index is 1.33. The topological polar surface area (TPSA) is 93.0 Å². The predicted octanol–water partition coefficient (Wildman–Crippen LogP) is 2.55. The van der Waals surface area contributed by atoms with Gasteiger partial charge in [-0.15, -0.1) is 5.10 Å². The number of benzene rings is 2. The molecule has 0 N–H and O–H groups in total. The summed E-state index contributed by atoms with van der Waals surface area (Å²) in [6.07, 6.45) is 2.20. The van der Waals surface area contributed by atoms with E-state index in [2.05, 4.69) is 38.3 Å². The van der Waals surface area contributed by atoms with Crippen molar-refractivity contribution < 1.29 is 19.1 Å². The molecule has 3 heterocycles. The zero-order valence-corrected chi connectivity index (χ0v) is 22.1. The van der Waals surface area contributed by atoms with Crippen LogP contribution in [0.4, 0.5) is 5.69 Å². The van der Waals surface area contributed by atoms with Crippen molar-refractivity contribution in [3.8, 4) is 5.75 Å². The molecule has 0 unspecified atom stereocenters. The van der Waals surface area contributed by atoms with E-state index in [0.29, 0.717) is 32.6 Å². The van der Waals surface area contributed by atoms with Crippen molar-refractivity contribution in [3.63, 3.8) is 0 Å². The van der Waals surface area contributed by atoms with Crippen molar-refractivity contribution in [1.82, 2.24) is 24.8 Å². The summed E-state index contributed by atoms with van der Waals surface area (Å²) >= 11 is 0. The van der Waals surface area contributed by atoms with Gasteiger partial charge in [0.2, 0.25) is 5.91 Å². The minimum atomic E-state index is -0.524. The Morgan fingerprint density at radius 3 is 2.47 bits per heavy atom. The fraction of sp³-hybridized carbons (Fsp3) is 0.429. The zero-order chi connectivity index (χ0) is 26.6. The van der Waals surface area contributed by atoms with Crippen LogP contribution in [0.1, 0.15) is 34.1 Å². The van der Waals surface area contributed by atoms with E-state index in [4.69, 9.17) is 9.47 Å². The lowest BCUT2D eigenvalue weighted by Gasteiger charge is -2.38. The highest BCUT2D eigenvalue weighted by atomic mass is 16.5. The van der Waals surface area contributed by atoms with Crippen LogP contribution in [-0.2, 0) is 16.1 Å². The molecule has 10 nitrogen and oxygen atoms in total. The lowest BCUT2D eigenvalue weighted by atomic mass is 10.1. The van der Waals surface area contributed by atoms with Crippen LogP contribution in [0.5, 0.6) is 5.75 Å². The maximum Gasteiger partial charge on any atom is 0.360 e. The highest BCUT2D eigenvalue weighted by Gasteiger charge is 2.40. The van der Waals surface area contributed by atoms with Gasteiger partial charge in [0.25, 0.3) is 0 Å². The molecule has 0 bridgehead atoms. The summed E-state index contributed by atoms with van der Waals surface area (Å²) in [7, 11) is 2.99. The van der Waals surface area contributed by atoms with E-state index in [9.17, 15) is 9.59 Å². The van der Waals surface area contributed by atoms with Crippen LogP contribution in [0.25, 0.3) is 0 Å². The van der Waals surface area contributed by atoms with Crippen molar-refractivity contribution in [2.75, 3.05) is 51.8 Å². The summed E-state index contributed by atoms with van der Waals surface area (Å²) in [5.41, 5.74) is 3.52. The number of hydrogen-bond donors (Lipinski definition) is 0. The third kappa shape index (κ3) is 5.35. The molecule has 2 aliphatic rings. The summed E-state index contributed by atoms with van der Waals surface area (Å²) in [5, 5.41) is 8.16. The third-order valence-corrected chi connectivity index (χ3v) is 7.50. The number of carbonyl (C=O) groups is 2. The highest BCUT2D eigenvalue weighted by Crippen LogP contribution is 2.31. The van der Waals surface area contributed by atoms with Crippen LogP contribution < -0.4 is 9.64 Å². The quantitative estimate of drug-likeness (QED) is 0.441. The van der Waals surface area contributed by atoms with E-state index in [1.54, 1.807) is 18.0 Å². The normalized spacial score (nSPS) is 20.0. The second kappa shape index (κ2) is 11.2. The van der Waals surface area contributed by atoms with E-state index in [0.717, 1.165) is 30.0 Å². The molecule has 0 radical (unpaired) electrons. The van der Waals surface area contributed by atoms with Crippen molar-refractivity contribution in [2.24, 2.45) is 0 Å². The summed E-state index contributed by atoms with van der Waals surface area (Å²) in [4.78, 5) is 32.3.